The molecule has 0 fully saturated rings. The average Bonchev–Trinajstić information content (AvgIpc) is 2.32. The molecule has 0 radical (unpaired) electrons. The maximum atomic E-state index is 11.3. The Morgan fingerprint density at radius 1 is 0.944 bits per heavy atom. The van der Waals surface area contributed by atoms with Crippen LogP contribution in [0.25, 0.3) is 0 Å². The van der Waals surface area contributed by atoms with Crippen LogP contribution in [0.5, 0.6) is 0 Å². The van der Waals surface area contributed by atoms with Crippen LogP contribution in [0.15, 0.2) is 0 Å². The van der Waals surface area contributed by atoms with Gasteiger partial charge in [-0.1, -0.05) is 6.92 Å². The van der Waals surface area contributed by atoms with Crippen LogP contribution in [0, 0.1) is 0 Å². The minimum Gasteiger partial charge on any atom is -0.356 e. The van der Waals surface area contributed by atoms with Gasteiger partial charge in [0, 0.05) is 25.9 Å². The molecule has 0 atom stereocenters. The largest absolute Gasteiger partial charge is 0.356 e. The van der Waals surface area contributed by atoms with Crippen molar-refractivity contribution in [2.45, 2.75) is 45.4 Å². The van der Waals surface area contributed by atoms with Gasteiger partial charge in [0.2, 0.25) is 11.8 Å². The first-order valence-electron chi connectivity index (χ1n) is 6.44. The summed E-state index contributed by atoms with van der Waals surface area (Å²) in [7, 11) is 0. The fourth-order valence-corrected chi connectivity index (χ4v) is 1.35. The first-order chi connectivity index (χ1) is 8.20. The highest BCUT2D eigenvalue weighted by atomic mass is 35.5. The van der Waals surface area contributed by atoms with Crippen LogP contribution >= 0.6 is 12.4 Å². The highest BCUT2D eigenvalue weighted by Gasteiger charge is 2.03. The number of carbonyl (C=O) groups excluding carboxylic acids is 2. The van der Waals surface area contributed by atoms with Crippen LogP contribution in [-0.2, 0) is 9.59 Å². The Bertz CT molecular complexity index is 225. The highest BCUT2D eigenvalue weighted by molar-refractivity contribution is 5.85. The lowest BCUT2D eigenvalue weighted by molar-refractivity contribution is -0.122. The Morgan fingerprint density at radius 3 is 2.00 bits per heavy atom. The summed E-state index contributed by atoms with van der Waals surface area (Å²) in [6, 6.07) is 0. The van der Waals surface area contributed by atoms with Crippen molar-refractivity contribution in [1.29, 1.82) is 0 Å². The SMILES string of the molecule is CCCNC(=O)CCCC(=O)NCCCCN.Cl. The number of carbonyl (C=O) groups is 2. The molecule has 0 saturated heterocycles. The molecule has 18 heavy (non-hydrogen) atoms. The van der Waals surface area contributed by atoms with Gasteiger partial charge < -0.3 is 16.4 Å². The van der Waals surface area contributed by atoms with Gasteiger partial charge in [-0.3, -0.25) is 9.59 Å². The zero-order valence-corrected chi connectivity index (χ0v) is 12.0. The van der Waals surface area contributed by atoms with Gasteiger partial charge in [0.1, 0.15) is 0 Å². The van der Waals surface area contributed by atoms with Gasteiger partial charge in [0.15, 0.2) is 0 Å². The van der Waals surface area contributed by atoms with Gasteiger partial charge in [0.25, 0.3) is 0 Å². The molecule has 0 aliphatic heterocycles. The molecule has 0 aromatic carbocycles. The molecule has 108 valence electrons. The van der Waals surface area contributed by atoms with E-state index < -0.39 is 0 Å². The lowest BCUT2D eigenvalue weighted by Crippen LogP contribution is -2.26. The van der Waals surface area contributed by atoms with E-state index >= 15 is 0 Å². The van der Waals surface area contributed by atoms with E-state index in [-0.39, 0.29) is 24.2 Å². The number of halogens is 1. The van der Waals surface area contributed by atoms with E-state index in [1.165, 1.54) is 0 Å². The van der Waals surface area contributed by atoms with Gasteiger partial charge in [-0.2, -0.15) is 0 Å². The third-order valence-electron chi connectivity index (χ3n) is 2.33. The van der Waals surface area contributed by atoms with Gasteiger partial charge in [-0.25, -0.2) is 0 Å². The molecule has 0 aliphatic rings. The maximum Gasteiger partial charge on any atom is 0.220 e. The normalized spacial score (nSPS) is 9.44. The third kappa shape index (κ3) is 13.3. The van der Waals surface area contributed by atoms with Crippen LogP contribution in [-0.4, -0.2) is 31.4 Å². The second kappa shape index (κ2) is 14.3. The summed E-state index contributed by atoms with van der Waals surface area (Å²) in [6.45, 7) is 4.06. The van der Waals surface area contributed by atoms with E-state index in [1.54, 1.807) is 0 Å². The number of rotatable bonds is 10. The van der Waals surface area contributed by atoms with Crippen LogP contribution in [0.1, 0.15) is 45.4 Å². The topological polar surface area (TPSA) is 84.2 Å². The monoisotopic (exact) mass is 279 g/mol. The van der Waals surface area contributed by atoms with E-state index in [9.17, 15) is 9.59 Å². The molecule has 0 aliphatic carbocycles. The van der Waals surface area contributed by atoms with E-state index in [0.29, 0.717) is 38.9 Å². The predicted molar refractivity (Wildman–Crippen MR) is 75.7 cm³/mol. The Balaban J connectivity index is 0. The molecule has 0 bridgehead atoms. The summed E-state index contributed by atoms with van der Waals surface area (Å²) in [5.41, 5.74) is 5.34. The van der Waals surface area contributed by atoms with Crippen molar-refractivity contribution in [1.82, 2.24) is 10.6 Å². The lowest BCUT2D eigenvalue weighted by atomic mass is 10.2. The molecular weight excluding hydrogens is 254 g/mol. The minimum absolute atomic E-state index is 0. The number of hydrogen-bond acceptors (Lipinski definition) is 3. The number of amides is 2. The molecule has 0 rings (SSSR count). The van der Waals surface area contributed by atoms with E-state index in [2.05, 4.69) is 10.6 Å². The van der Waals surface area contributed by atoms with Crippen molar-refractivity contribution < 1.29 is 9.59 Å². The molecule has 0 unspecified atom stereocenters. The summed E-state index contributed by atoms with van der Waals surface area (Å²) in [6.07, 6.45) is 4.24. The first kappa shape index (κ1) is 19.5. The van der Waals surface area contributed by atoms with E-state index in [0.717, 1.165) is 19.3 Å². The fourth-order valence-electron chi connectivity index (χ4n) is 1.35. The Kier molecular flexibility index (Phi) is 15.5. The van der Waals surface area contributed by atoms with Crippen LogP contribution in [0.3, 0.4) is 0 Å². The number of hydrogen-bond donors (Lipinski definition) is 3. The summed E-state index contributed by atoms with van der Waals surface area (Å²) >= 11 is 0. The van der Waals surface area contributed by atoms with Gasteiger partial charge >= 0.3 is 0 Å². The highest BCUT2D eigenvalue weighted by Crippen LogP contribution is 1.95. The fraction of sp³-hybridized carbons (Fsp3) is 0.833. The van der Waals surface area contributed by atoms with Crippen molar-refractivity contribution >= 4 is 24.2 Å². The van der Waals surface area contributed by atoms with Crippen LogP contribution in [0.2, 0.25) is 0 Å². The van der Waals surface area contributed by atoms with E-state index in [1.807, 2.05) is 6.92 Å². The molecule has 0 aromatic rings. The molecule has 0 saturated carbocycles. The van der Waals surface area contributed by atoms with Crippen LogP contribution in [0.4, 0.5) is 0 Å². The smallest absolute Gasteiger partial charge is 0.220 e. The van der Waals surface area contributed by atoms with Gasteiger partial charge in [-0.05, 0) is 32.2 Å². The van der Waals surface area contributed by atoms with Crippen molar-refractivity contribution in [3.63, 3.8) is 0 Å². The Morgan fingerprint density at radius 2 is 1.50 bits per heavy atom. The number of nitrogens with two attached hydrogens (primary N) is 1. The zero-order chi connectivity index (χ0) is 12.9. The Hall–Kier alpha value is -0.810. The number of nitrogens with one attached hydrogen (secondary N) is 2. The van der Waals surface area contributed by atoms with Crippen molar-refractivity contribution in [3.05, 3.63) is 0 Å². The van der Waals surface area contributed by atoms with Crippen molar-refractivity contribution in [2.24, 2.45) is 5.73 Å². The summed E-state index contributed by atoms with van der Waals surface area (Å²) in [4.78, 5) is 22.6. The third-order valence-corrected chi connectivity index (χ3v) is 2.33. The van der Waals surface area contributed by atoms with E-state index in [4.69, 9.17) is 5.73 Å². The standard InChI is InChI=1S/C12H25N3O2.ClH/c1-2-9-14-11(16)6-5-7-12(17)15-10-4-3-8-13;/h2-10,13H2,1H3,(H,14,16)(H,15,17);1H. The molecule has 5 nitrogen and oxygen atoms in total. The van der Waals surface area contributed by atoms with Gasteiger partial charge in [0.05, 0.1) is 0 Å². The second-order valence-corrected chi connectivity index (χ2v) is 4.05. The molecule has 0 spiro atoms. The first-order valence-corrected chi connectivity index (χ1v) is 6.44. The lowest BCUT2D eigenvalue weighted by Gasteiger charge is -2.05. The summed E-state index contributed by atoms with van der Waals surface area (Å²) < 4.78 is 0. The second-order valence-electron chi connectivity index (χ2n) is 4.05. The molecule has 4 N–H and O–H groups in total. The summed E-state index contributed by atoms with van der Waals surface area (Å²) in [5, 5.41) is 5.59. The van der Waals surface area contributed by atoms with Gasteiger partial charge in [-0.15, -0.1) is 12.4 Å². The molecular formula is C12H26ClN3O2. The summed E-state index contributed by atoms with van der Waals surface area (Å²) in [5.74, 6) is 0.0492. The molecule has 2 amide bonds. The molecule has 6 heteroatoms. The minimum atomic E-state index is 0. The molecule has 0 heterocycles. The quantitative estimate of drug-likeness (QED) is 0.521. The van der Waals surface area contributed by atoms with Crippen LogP contribution < -0.4 is 16.4 Å². The van der Waals surface area contributed by atoms with Crippen molar-refractivity contribution in [2.75, 3.05) is 19.6 Å². The predicted octanol–water partition coefficient (Wildman–Crippen LogP) is 0.960. The van der Waals surface area contributed by atoms with Crippen molar-refractivity contribution in [3.8, 4) is 0 Å². The Labute approximate surface area is 116 Å². The zero-order valence-electron chi connectivity index (χ0n) is 11.2. The molecule has 0 aromatic heterocycles. The number of unbranched alkanes of at least 4 members (excludes halogenated alkanes) is 1. The average molecular weight is 280 g/mol. The maximum absolute atomic E-state index is 11.3.